The minimum absolute atomic E-state index is 0.0316. The van der Waals surface area contributed by atoms with E-state index in [0.29, 0.717) is 11.7 Å². The molecule has 0 N–H and O–H groups in total. The van der Waals surface area contributed by atoms with Gasteiger partial charge in [-0.15, -0.1) is 0 Å². The largest absolute Gasteiger partial charge is 0.339 e. The van der Waals surface area contributed by atoms with Crippen LogP contribution in [0.25, 0.3) is 22.3 Å². The smallest absolute Gasteiger partial charge is 0.231 e. The highest BCUT2D eigenvalue weighted by Crippen LogP contribution is 2.46. The van der Waals surface area contributed by atoms with E-state index in [-0.39, 0.29) is 11.8 Å². The molecule has 2 atom stereocenters. The quantitative estimate of drug-likeness (QED) is 0.709. The van der Waals surface area contributed by atoms with Crippen LogP contribution in [-0.2, 0) is 0 Å². The summed E-state index contributed by atoms with van der Waals surface area (Å²) in [6, 6.07) is 12.0. The van der Waals surface area contributed by atoms with Gasteiger partial charge in [-0.25, -0.2) is 0 Å². The normalized spacial score (nSPS) is 20.8. The van der Waals surface area contributed by atoms with Crippen LogP contribution in [0.4, 0.5) is 0 Å². The molecule has 0 spiro atoms. The summed E-state index contributed by atoms with van der Waals surface area (Å²) in [4.78, 5) is 8.68. The van der Waals surface area contributed by atoms with E-state index in [1.807, 2.05) is 30.3 Å². The van der Waals surface area contributed by atoms with Gasteiger partial charge >= 0.3 is 0 Å². The lowest BCUT2D eigenvalue weighted by Crippen LogP contribution is -1.85. The molecule has 1 saturated carbocycles. The Morgan fingerprint density at radius 3 is 3.10 bits per heavy atom. The zero-order valence-electron chi connectivity index (χ0n) is 10.5. The molecule has 0 amide bonds. The zero-order valence-corrected chi connectivity index (χ0v) is 10.5. The summed E-state index contributed by atoms with van der Waals surface area (Å²) in [5.41, 5.74) is 1.83. The molecule has 5 heteroatoms. The number of nitrogens with zero attached hydrogens (tertiary/aromatic N) is 4. The van der Waals surface area contributed by atoms with Crippen LogP contribution in [0, 0.1) is 17.2 Å². The Balaban J connectivity index is 1.71. The fraction of sp³-hybridized carbons (Fsp3) is 0.200. The monoisotopic (exact) mass is 262 g/mol. The molecule has 5 nitrogen and oxygen atoms in total. The number of aromatic nitrogens is 3. The van der Waals surface area contributed by atoms with Gasteiger partial charge in [0.2, 0.25) is 11.7 Å². The fourth-order valence-electron chi connectivity index (χ4n) is 2.33. The van der Waals surface area contributed by atoms with E-state index in [1.165, 1.54) is 0 Å². The summed E-state index contributed by atoms with van der Waals surface area (Å²) in [5, 5.41) is 13.9. The molecule has 1 aromatic carbocycles. The SMILES string of the molecule is N#CC1CC1c1nc(-c2ccc3ncccc3c2)no1. The van der Waals surface area contributed by atoms with Gasteiger partial charge in [-0.2, -0.15) is 10.2 Å². The summed E-state index contributed by atoms with van der Waals surface area (Å²) in [5.74, 6) is 1.28. The van der Waals surface area contributed by atoms with Gasteiger partial charge in [0.15, 0.2) is 0 Å². The third kappa shape index (κ3) is 1.74. The Labute approximate surface area is 114 Å². The number of nitriles is 1. The maximum Gasteiger partial charge on any atom is 0.231 e. The second-order valence-corrected chi connectivity index (χ2v) is 4.94. The van der Waals surface area contributed by atoms with Gasteiger partial charge in [0.1, 0.15) is 0 Å². The van der Waals surface area contributed by atoms with Crippen LogP contribution in [-0.4, -0.2) is 15.1 Å². The van der Waals surface area contributed by atoms with Crippen molar-refractivity contribution in [3.05, 3.63) is 42.4 Å². The predicted molar refractivity (Wildman–Crippen MR) is 71.5 cm³/mol. The van der Waals surface area contributed by atoms with Gasteiger partial charge < -0.3 is 4.52 Å². The summed E-state index contributed by atoms with van der Waals surface area (Å²) in [7, 11) is 0. The van der Waals surface area contributed by atoms with Crippen molar-refractivity contribution in [3.8, 4) is 17.5 Å². The summed E-state index contributed by atoms with van der Waals surface area (Å²) < 4.78 is 5.26. The second kappa shape index (κ2) is 4.14. The van der Waals surface area contributed by atoms with Crippen molar-refractivity contribution in [1.29, 1.82) is 5.26 Å². The van der Waals surface area contributed by atoms with Crippen molar-refractivity contribution in [2.45, 2.75) is 12.3 Å². The molecule has 2 unspecified atom stereocenters. The predicted octanol–water partition coefficient (Wildman–Crippen LogP) is 2.91. The van der Waals surface area contributed by atoms with Crippen LogP contribution >= 0.6 is 0 Å². The van der Waals surface area contributed by atoms with E-state index in [2.05, 4.69) is 21.2 Å². The molecule has 0 saturated heterocycles. The van der Waals surface area contributed by atoms with E-state index >= 15 is 0 Å². The molecule has 3 aromatic rings. The molecular weight excluding hydrogens is 252 g/mol. The Bertz CT molecular complexity index is 833. The number of fused-ring (bicyclic) bond motifs is 1. The molecule has 96 valence electrons. The first kappa shape index (κ1) is 11.1. The molecule has 1 aliphatic carbocycles. The zero-order chi connectivity index (χ0) is 13.5. The standard InChI is InChI=1S/C15H10N4O/c16-8-11-7-12(11)15-18-14(19-20-15)10-3-4-13-9(6-10)2-1-5-17-13/h1-6,11-12H,7H2. The molecular formula is C15H10N4O. The maximum atomic E-state index is 8.83. The third-order valence-electron chi connectivity index (χ3n) is 3.58. The van der Waals surface area contributed by atoms with Crippen LogP contribution in [0.1, 0.15) is 18.2 Å². The number of hydrogen-bond donors (Lipinski definition) is 0. The first-order valence-electron chi connectivity index (χ1n) is 6.43. The van der Waals surface area contributed by atoms with Crippen molar-refractivity contribution in [2.75, 3.05) is 0 Å². The van der Waals surface area contributed by atoms with E-state index in [9.17, 15) is 0 Å². The molecule has 2 heterocycles. The molecule has 2 aromatic heterocycles. The molecule has 0 aliphatic heterocycles. The summed E-state index contributed by atoms with van der Waals surface area (Å²) in [6.45, 7) is 0. The Morgan fingerprint density at radius 2 is 2.25 bits per heavy atom. The molecule has 20 heavy (non-hydrogen) atoms. The van der Waals surface area contributed by atoms with E-state index in [0.717, 1.165) is 22.9 Å². The van der Waals surface area contributed by atoms with Crippen LogP contribution in [0.5, 0.6) is 0 Å². The third-order valence-corrected chi connectivity index (χ3v) is 3.58. The minimum Gasteiger partial charge on any atom is -0.339 e. The van der Waals surface area contributed by atoms with Gasteiger partial charge in [0.05, 0.1) is 23.4 Å². The van der Waals surface area contributed by atoms with Crippen molar-refractivity contribution in [3.63, 3.8) is 0 Å². The van der Waals surface area contributed by atoms with Gasteiger partial charge in [-0.3, -0.25) is 4.98 Å². The molecule has 0 radical (unpaired) electrons. The molecule has 1 aliphatic rings. The minimum atomic E-state index is 0.0316. The highest BCUT2D eigenvalue weighted by molar-refractivity contribution is 5.82. The van der Waals surface area contributed by atoms with E-state index < -0.39 is 0 Å². The van der Waals surface area contributed by atoms with Gasteiger partial charge in [0.25, 0.3) is 0 Å². The summed E-state index contributed by atoms with van der Waals surface area (Å²) >= 11 is 0. The average Bonchev–Trinajstić information content (AvgIpc) is 3.14. The van der Waals surface area contributed by atoms with E-state index in [4.69, 9.17) is 9.78 Å². The lowest BCUT2D eigenvalue weighted by atomic mass is 10.1. The Morgan fingerprint density at radius 1 is 1.30 bits per heavy atom. The van der Waals surface area contributed by atoms with Gasteiger partial charge in [-0.1, -0.05) is 11.2 Å². The van der Waals surface area contributed by atoms with Crippen molar-refractivity contribution in [2.24, 2.45) is 5.92 Å². The first-order valence-corrected chi connectivity index (χ1v) is 6.43. The summed E-state index contributed by atoms with van der Waals surface area (Å²) in [6.07, 6.45) is 2.59. The maximum absolute atomic E-state index is 8.83. The lowest BCUT2D eigenvalue weighted by Gasteiger charge is -1.98. The van der Waals surface area contributed by atoms with Crippen LogP contribution in [0.15, 0.2) is 41.1 Å². The number of pyridine rings is 1. The van der Waals surface area contributed by atoms with Crippen LogP contribution in [0.3, 0.4) is 0 Å². The molecule has 4 rings (SSSR count). The second-order valence-electron chi connectivity index (χ2n) is 4.94. The van der Waals surface area contributed by atoms with Crippen molar-refractivity contribution >= 4 is 10.9 Å². The van der Waals surface area contributed by atoms with Gasteiger partial charge in [-0.05, 0) is 30.7 Å². The van der Waals surface area contributed by atoms with E-state index in [1.54, 1.807) is 6.20 Å². The Hall–Kier alpha value is -2.74. The number of hydrogen-bond acceptors (Lipinski definition) is 5. The van der Waals surface area contributed by atoms with Crippen LogP contribution in [0.2, 0.25) is 0 Å². The van der Waals surface area contributed by atoms with Gasteiger partial charge in [0, 0.05) is 17.1 Å². The Kier molecular flexibility index (Phi) is 2.30. The number of rotatable bonds is 2. The fourth-order valence-corrected chi connectivity index (χ4v) is 2.33. The highest BCUT2D eigenvalue weighted by Gasteiger charge is 2.43. The topological polar surface area (TPSA) is 75.6 Å². The molecule has 0 bridgehead atoms. The molecule has 1 fully saturated rings. The average molecular weight is 262 g/mol. The first-order chi connectivity index (χ1) is 9.85. The van der Waals surface area contributed by atoms with Crippen LogP contribution < -0.4 is 0 Å². The van der Waals surface area contributed by atoms with Crippen molar-refractivity contribution < 1.29 is 4.52 Å². The number of benzene rings is 1. The van der Waals surface area contributed by atoms with Crippen molar-refractivity contribution in [1.82, 2.24) is 15.1 Å². The highest BCUT2D eigenvalue weighted by atomic mass is 16.5. The lowest BCUT2D eigenvalue weighted by molar-refractivity contribution is 0.378.